The fourth-order valence-corrected chi connectivity index (χ4v) is 4.64. The minimum atomic E-state index is -0.679. The molecule has 2 heterocycles. The fraction of sp³-hybridized carbons (Fsp3) is 0.188. The molecule has 0 atom stereocenters. The highest BCUT2D eigenvalue weighted by Crippen LogP contribution is 2.32. The van der Waals surface area contributed by atoms with Crippen molar-refractivity contribution in [1.82, 2.24) is 4.98 Å². The van der Waals surface area contributed by atoms with Gasteiger partial charge >= 0.3 is 5.97 Å². The highest BCUT2D eigenvalue weighted by Gasteiger charge is 2.21. The van der Waals surface area contributed by atoms with Gasteiger partial charge in [0, 0.05) is 6.54 Å². The number of amides is 1. The van der Waals surface area contributed by atoms with E-state index in [1.807, 2.05) is 31.2 Å². The van der Waals surface area contributed by atoms with Crippen LogP contribution >= 0.6 is 45.9 Å². The van der Waals surface area contributed by atoms with Crippen LogP contribution < -0.4 is 4.90 Å². The van der Waals surface area contributed by atoms with E-state index in [0.717, 1.165) is 21.6 Å². The lowest BCUT2D eigenvalue weighted by Crippen LogP contribution is -2.34. The minimum Gasteiger partial charge on any atom is -0.452 e. The Morgan fingerprint density at radius 1 is 1.24 bits per heavy atom. The summed E-state index contributed by atoms with van der Waals surface area (Å²) in [6, 6.07) is 9.06. The molecule has 5 nitrogen and oxygen atoms in total. The van der Waals surface area contributed by atoms with Crippen molar-refractivity contribution in [2.45, 2.75) is 6.92 Å². The van der Waals surface area contributed by atoms with Crippen molar-refractivity contribution in [3.05, 3.63) is 44.6 Å². The molecule has 0 radical (unpaired) electrons. The summed E-state index contributed by atoms with van der Waals surface area (Å²) in [4.78, 5) is 30.4. The predicted octanol–water partition coefficient (Wildman–Crippen LogP) is 4.87. The van der Waals surface area contributed by atoms with Gasteiger partial charge in [-0.25, -0.2) is 9.78 Å². The average Bonchev–Trinajstić information content (AvgIpc) is 3.15. The van der Waals surface area contributed by atoms with Crippen LogP contribution in [0, 0.1) is 0 Å². The van der Waals surface area contributed by atoms with Crippen LogP contribution in [0.15, 0.2) is 30.3 Å². The second-order valence-electron chi connectivity index (χ2n) is 4.92. The number of aromatic nitrogens is 1. The molecule has 0 unspecified atom stereocenters. The first-order chi connectivity index (χ1) is 12.0. The molecule has 1 amide bonds. The topological polar surface area (TPSA) is 59.5 Å². The quantitative estimate of drug-likeness (QED) is 0.558. The Labute approximate surface area is 161 Å². The minimum absolute atomic E-state index is 0.160. The van der Waals surface area contributed by atoms with E-state index in [4.69, 9.17) is 27.9 Å². The first kappa shape index (κ1) is 18.1. The number of benzene rings is 1. The number of likely N-dealkylation sites (N-methyl/N-ethyl adjacent to an activating group) is 1. The maximum Gasteiger partial charge on any atom is 0.341 e. The summed E-state index contributed by atoms with van der Waals surface area (Å²) in [5.74, 6) is -1.03. The zero-order valence-corrected chi connectivity index (χ0v) is 16.1. The number of halogens is 2. The Morgan fingerprint density at radius 3 is 2.64 bits per heavy atom. The third-order valence-corrected chi connectivity index (χ3v) is 5.88. The number of anilines is 1. The van der Waals surface area contributed by atoms with Crippen LogP contribution in [0.2, 0.25) is 8.67 Å². The molecule has 130 valence electrons. The SMILES string of the molecule is CCN(C(=O)COC(=O)c1cc(Cl)sc1Cl)c1nc2ccccc2s1. The molecule has 0 aliphatic rings. The second kappa shape index (κ2) is 7.70. The molecule has 0 N–H and O–H groups in total. The van der Waals surface area contributed by atoms with Crippen LogP contribution in [0.4, 0.5) is 5.13 Å². The van der Waals surface area contributed by atoms with E-state index < -0.39 is 12.6 Å². The van der Waals surface area contributed by atoms with Crippen LogP contribution in [0.1, 0.15) is 17.3 Å². The normalized spacial score (nSPS) is 10.8. The van der Waals surface area contributed by atoms with Crippen molar-refractivity contribution in [1.29, 1.82) is 0 Å². The van der Waals surface area contributed by atoms with E-state index >= 15 is 0 Å². The molecule has 2 aromatic heterocycles. The van der Waals surface area contributed by atoms with Crippen molar-refractivity contribution in [3.63, 3.8) is 0 Å². The molecule has 0 aliphatic carbocycles. The van der Waals surface area contributed by atoms with Crippen LogP contribution in [0.25, 0.3) is 10.2 Å². The average molecular weight is 415 g/mol. The summed E-state index contributed by atoms with van der Waals surface area (Å²) >= 11 is 14.2. The van der Waals surface area contributed by atoms with Crippen molar-refractivity contribution < 1.29 is 14.3 Å². The lowest BCUT2D eigenvalue weighted by Gasteiger charge is -2.17. The Hall–Kier alpha value is -1.67. The van der Waals surface area contributed by atoms with E-state index in [2.05, 4.69) is 4.98 Å². The maximum atomic E-state index is 12.4. The van der Waals surface area contributed by atoms with Gasteiger partial charge in [-0.05, 0) is 25.1 Å². The zero-order valence-electron chi connectivity index (χ0n) is 13.0. The highest BCUT2D eigenvalue weighted by molar-refractivity contribution is 7.22. The fourth-order valence-electron chi connectivity index (χ4n) is 2.16. The number of carbonyl (C=O) groups excluding carboxylic acids is 2. The first-order valence-electron chi connectivity index (χ1n) is 7.27. The number of rotatable bonds is 5. The Bertz CT molecular complexity index is 906. The van der Waals surface area contributed by atoms with E-state index in [-0.39, 0.29) is 15.8 Å². The number of para-hydroxylation sites is 1. The van der Waals surface area contributed by atoms with Gasteiger partial charge < -0.3 is 4.74 Å². The van der Waals surface area contributed by atoms with Crippen molar-refractivity contribution >= 4 is 73.1 Å². The number of ether oxygens (including phenoxy) is 1. The van der Waals surface area contributed by atoms with Gasteiger partial charge in [-0.15, -0.1) is 11.3 Å². The lowest BCUT2D eigenvalue weighted by molar-refractivity contribution is -0.121. The van der Waals surface area contributed by atoms with E-state index in [1.165, 1.54) is 22.3 Å². The largest absolute Gasteiger partial charge is 0.452 e. The Balaban J connectivity index is 1.70. The first-order valence-corrected chi connectivity index (χ1v) is 9.66. The number of thiophene rings is 1. The molecule has 0 fully saturated rings. The number of nitrogens with zero attached hydrogens (tertiary/aromatic N) is 2. The molecule has 0 saturated heterocycles. The van der Waals surface area contributed by atoms with Gasteiger partial charge in [0.15, 0.2) is 11.7 Å². The van der Waals surface area contributed by atoms with Crippen LogP contribution in [-0.2, 0) is 9.53 Å². The molecule has 3 aromatic rings. The standard InChI is InChI=1S/C16H12Cl2N2O3S2/c1-2-20(16-19-10-5-3-4-6-11(10)24-16)13(21)8-23-15(22)9-7-12(17)25-14(9)18/h3-7H,2,8H2,1H3. The van der Waals surface area contributed by atoms with Gasteiger partial charge in [0.1, 0.15) is 4.34 Å². The van der Waals surface area contributed by atoms with E-state index in [1.54, 1.807) is 0 Å². The number of hydrogen-bond donors (Lipinski definition) is 0. The zero-order chi connectivity index (χ0) is 18.0. The third kappa shape index (κ3) is 3.95. The summed E-state index contributed by atoms with van der Waals surface area (Å²) in [5, 5.41) is 0.571. The molecular formula is C16H12Cl2N2O3S2. The van der Waals surface area contributed by atoms with Gasteiger partial charge in [-0.1, -0.05) is 46.7 Å². The number of thiazole rings is 1. The van der Waals surface area contributed by atoms with Crippen molar-refractivity contribution in [3.8, 4) is 0 Å². The molecule has 0 bridgehead atoms. The second-order valence-corrected chi connectivity index (χ2v) is 8.21. The predicted molar refractivity (Wildman–Crippen MR) is 102 cm³/mol. The molecule has 0 spiro atoms. The van der Waals surface area contributed by atoms with E-state index in [0.29, 0.717) is 16.0 Å². The number of carbonyl (C=O) groups is 2. The van der Waals surface area contributed by atoms with Gasteiger partial charge in [0.25, 0.3) is 5.91 Å². The molecule has 0 saturated carbocycles. The van der Waals surface area contributed by atoms with Crippen molar-refractivity contribution in [2.75, 3.05) is 18.1 Å². The van der Waals surface area contributed by atoms with Crippen LogP contribution in [0.3, 0.4) is 0 Å². The molecule has 25 heavy (non-hydrogen) atoms. The van der Waals surface area contributed by atoms with Crippen LogP contribution in [-0.4, -0.2) is 30.0 Å². The van der Waals surface area contributed by atoms with Gasteiger partial charge in [-0.3, -0.25) is 9.69 Å². The molecule has 1 aromatic carbocycles. The number of esters is 1. The molecule has 9 heteroatoms. The Kier molecular flexibility index (Phi) is 5.58. The summed E-state index contributed by atoms with van der Waals surface area (Å²) in [5.41, 5.74) is 0.984. The smallest absolute Gasteiger partial charge is 0.341 e. The number of fused-ring (bicyclic) bond motifs is 1. The summed E-state index contributed by atoms with van der Waals surface area (Å²) in [7, 11) is 0. The number of hydrogen-bond acceptors (Lipinski definition) is 6. The van der Waals surface area contributed by atoms with Crippen molar-refractivity contribution in [2.24, 2.45) is 0 Å². The maximum absolute atomic E-state index is 12.4. The van der Waals surface area contributed by atoms with E-state index in [9.17, 15) is 9.59 Å². The lowest BCUT2D eigenvalue weighted by atomic mass is 10.3. The monoisotopic (exact) mass is 414 g/mol. The Morgan fingerprint density at radius 2 is 2.00 bits per heavy atom. The van der Waals surface area contributed by atoms with Gasteiger partial charge in [0.2, 0.25) is 0 Å². The highest BCUT2D eigenvalue weighted by atomic mass is 35.5. The van der Waals surface area contributed by atoms with Crippen LogP contribution in [0.5, 0.6) is 0 Å². The molecule has 0 aliphatic heterocycles. The molecule has 3 rings (SSSR count). The third-order valence-electron chi connectivity index (χ3n) is 3.33. The summed E-state index contributed by atoms with van der Waals surface area (Å²) in [6.07, 6.45) is 0. The van der Waals surface area contributed by atoms with Gasteiger partial charge in [-0.2, -0.15) is 0 Å². The van der Waals surface area contributed by atoms with Gasteiger partial charge in [0.05, 0.1) is 20.1 Å². The summed E-state index contributed by atoms with van der Waals surface area (Å²) in [6.45, 7) is 1.86. The molecular weight excluding hydrogens is 403 g/mol. The summed E-state index contributed by atoms with van der Waals surface area (Å²) < 4.78 is 6.68.